The molecule has 4 aliphatic heterocycles. The average Bonchev–Trinajstić information content (AvgIpc) is 4.27. The van der Waals surface area contributed by atoms with Gasteiger partial charge in [0.2, 0.25) is 11.8 Å². The second-order valence-electron chi connectivity index (χ2n) is 20.5. The molecule has 6 aromatic rings. The van der Waals surface area contributed by atoms with E-state index in [-0.39, 0.29) is 23.9 Å². The number of imidazole rings is 2. The van der Waals surface area contributed by atoms with Gasteiger partial charge in [0.05, 0.1) is 76.1 Å². The molecule has 0 saturated carbocycles. The molecule has 4 saturated heterocycles. The maximum Gasteiger partial charge on any atom is 0.250 e. The molecular formula is C60H68N8O6. The van der Waals surface area contributed by atoms with Gasteiger partial charge in [-0.1, -0.05) is 24.3 Å². The minimum absolute atomic E-state index is 0.172. The third kappa shape index (κ3) is 10.5. The molecular weight excluding hydrogens is 929 g/mol. The van der Waals surface area contributed by atoms with Crippen molar-refractivity contribution < 1.29 is 28.5 Å². The van der Waals surface area contributed by atoms with Crippen LogP contribution in [0, 0.1) is 13.8 Å². The quantitative estimate of drug-likeness (QED) is 0.124. The second-order valence-corrected chi connectivity index (χ2v) is 20.5. The van der Waals surface area contributed by atoms with Gasteiger partial charge in [-0.05, 0) is 159 Å². The standard InChI is InChI=1S/2C30H34N4O3/c2*1-21-19-33(20-31-21)28-8-5-22(15-29(28)36-2)14-24-4-3-9-34(30(24)35)27-16-23-6-7-26(17-25(23)18-27)32-10-12-37-13-11-32/h2*5-8,14-15,17,19-20,27H,3-4,9-13,16,18H2,1-2H3/b2*24-14+/t2*27-/m10/s1. The molecule has 2 aromatic heterocycles. The number of rotatable bonds is 10. The predicted molar refractivity (Wildman–Crippen MR) is 289 cm³/mol. The number of nitrogens with zero attached hydrogens (tertiary/aromatic N) is 8. The zero-order chi connectivity index (χ0) is 50.7. The molecule has 0 unspecified atom stereocenters. The lowest BCUT2D eigenvalue weighted by molar-refractivity contribution is -0.131. The number of anilines is 2. The summed E-state index contributed by atoms with van der Waals surface area (Å²) in [6.45, 7) is 12.5. The van der Waals surface area contributed by atoms with E-state index in [0.29, 0.717) is 0 Å². The number of hydrogen-bond acceptors (Lipinski definition) is 10. The molecule has 6 heterocycles. The van der Waals surface area contributed by atoms with Crippen LogP contribution in [0.25, 0.3) is 23.5 Å². The summed E-state index contributed by atoms with van der Waals surface area (Å²) in [5.74, 6) is 1.86. The second kappa shape index (κ2) is 21.7. The van der Waals surface area contributed by atoms with Gasteiger partial charge in [0.15, 0.2) is 0 Å². The summed E-state index contributed by atoms with van der Waals surface area (Å²) >= 11 is 0. The van der Waals surface area contributed by atoms with Crippen LogP contribution < -0.4 is 19.3 Å². The van der Waals surface area contributed by atoms with E-state index in [1.54, 1.807) is 26.9 Å². The van der Waals surface area contributed by atoms with Crippen LogP contribution in [0.1, 0.15) is 70.5 Å². The molecule has 4 aromatic carbocycles. The third-order valence-electron chi connectivity index (χ3n) is 15.7. The third-order valence-corrected chi connectivity index (χ3v) is 15.7. The summed E-state index contributed by atoms with van der Waals surface area (Å²) in [4.78, 5) is 44.9. The Labute approximate surface area is 434 Å². The van der Waals surface area contributed by atoms with E-state index in [2.05, 4.69) is 66.0 Å². The Morgan fingerprint density at radius 2 is 0.946 bits per heavy atom. The molecule has 0 bridgehead atoms. The molecule has 14 nitrogen and oxygen atoms in total. The van der Waals surface area contributed by atoms with Crippen LogP contribution in [0.3, 0.4) is 0 Å². The number of hydrogen-bond donors (Lipinski definition) is 0. The molecule has 74 heavy (non-hydrogen) atoms. The molecule has 0 spiro atoms. The first kappa shape index (κ1) is 49.1. The summed E-state index contributed by atoms with van der Waals surface area (Å²) in [5.41, 5.74) is 15.5. The average molecular weight is 997 g/mol. The normalized spacial score (nSPS) is 21.0. The van der Waals surface area contributed by atoms with Gasteiger partial charge >= 0.3 is 0 Å². The largest absolute Gasteiger partial charge is 0.495 e. The first-order chi connectivity index (χ1) is 36.2. The molecule has 2 atom stereocenters. The highest BCUT2D eigenvalue weighted by molar-refractivity contribution is 5.99. The number of benzene rings is 4. The number of aryl methyl sites for hydroxylation is 2. The van der Waals surface area contributed by atoms with Crippen molar-refractivity contribution in [3.05, 3.63) is 154 Å². The lowest BCUT2D eigenvalue weighted by Crippen LogP contribution is -2.44. The first-order valence-electron chi connectivity index (χ1n) is 26.5. The molecule has 0 N–H and O–H groups in total. The minimum atomic E-state index is 0.172. The Morgan fingerprint density at radius 3 is 1.34 bits per heavy atom. The van der Waals surface area contributed by atoms with Crippen molar-refractivity contribution in [1.82, 2.24) is 28.9 Å². The predicted octanol–water partition coefficient (Wildman–Crippen LogP) is 8.40. The molecule has 14 heteroatoms. The van der Waals surface area contributed by atoms with E-state index in [0.717, 1.165) is 174 Å². The number of methoxy groups -OCH3 is 2. The van der Waals surface area contributed by atoms with Gasteiger partial charge in [-0.2, -0.15) is 0 Å². The molecule has 6 aliphatic rings. The first-order valence-corrected chi connectivity index (χ1v) is 26.5. The van der Waals surface area contributed by atoms with Crippen molar-refractivity contribution in [3.8, 4) is 22.9 Å². The van der Waals surface area contributed by atoms with Gasteiger partial charge in [-0.25, -0.2) is 9.97 Å². The SMILES string of the molecule is COc1cc(/C=C2\CCCN([C@@H]3Cc4ccc(N5CCOCC5)cc4C3)C2=O)ccc1-n1cnc(C)c1.COc1cc(/C=C2\CCCN([C@H]3Cc4ccc(N5CCOCC5)cc4C3)C2=O)ccc1-n1cnc(C)c1. The maximum atomic E-state index is 13.6. The van der Waals surface area contributed by atoms with Gasteiger partial charge in [-0.15, -0.1) is 0 Å². The number of carbonyl (C=O) groups is 2. The zero-order valence-corrected chi connectivity index (χ0v) is 43.3. The Bertz CT molecular complexity index is 2880. The molecule has 12 rings (SSSR count). The Kier molecular flexibility index (Phi) is 14.4. The fourth-order valence-electron chi connectivity index (χ4n) is 11.8. The fourth-order valence-corrected chi connectivity index (χ4v) is 11.8. The number of morpholine rings is 2. The van der Waals surface area contributed by atoms with Crippen molar-refractivity contribution in [3.63, 3.8) is 0 Å². The molecule has 2 amide bonds. The number of fused-ring (bicyclic) bond motifs is 2. The number of aromatic nitrogens is 4. The summed E-state index contributed by atoms with van der Waals surface area (Å²) in [5, 5.41) is 0. The Morgan fingerprint density at radius 1 is 0.527 bits per heavy atom. The van der Waals surface area contributed by atoms with Gasteiger partial charge in [0.25, 0.3) is 0 Å². The smallest absolute Gasteiger partial charge is 0.250 e. The Balaban J connectivity index is 0.000000159. The van der Waals surface area contributed by atoms with Gasteiger partial charge in [0.1, 0.15) is 11.5 Å². The van der Waals surface area contributed by atoms with Crippen LogP contribution in [0.2, 0.25) is 0 Å². The lowest BCUT2D eigenvalue weighted by Gasteiger charge is -2.33. The molecule has 4 fully saturated rings. The van der Waals surface area contributed by atoms with Crippen molar-refractivity contribution in [2.45, 2.75) is 77.3 Å². The van der Waals surface area contributed by atoms with Crippen molar-refractivity contribution >= 4 is 35.3 Å². The summed E-state index contributed by atoms with van der Waals surface area (Å²) in [6, 6.07) is 26.3. The van der Waals surface area contributed by atoms with Crippen LogP contribution in [0.5, 0.6) is 11.5 Å². The number of likely N-dealkylation sites (tertiary alicyclic amines) is 2. The highest BCUT2D eigenvalue weighted by Gasteiger charge is 2.35. The monoisotopic (exact) mass is 997 g/mol. The molecule has 2 aliphatic carbocycles. The van der Waals surface area contributed by atoms with E-state index < -0.39 is 0 Å². The van der Waals surface area contributed by atoms with Crippen molar-refractivity contribution in [1.29, 1.82) is 0 Å². The summed E-state index contributed by atoms with van der Waals surface area (Å²) in [7, 11) is 3.35. The number of carbonyl (C=O) groups excluding carboxylic acids is 2. The van der Waals surface area contributed by atoms with Crippen LogP contribution in [-0.4, -0.2) is 133 Å². The number of piperidine rings is 2. The summed E-state index contributed by atoms with van der Waals surface area (Å²) < 4.78 is 26.3. The maximum absolute atomic E-state index is 13.6. The highest BCUT2D eigenvalue weighted by Crippen LogP contribution is 2.36. The van der Waals surface area contributed by atoms with Crippen LogP contribution in [0.4, 0.5) is 11.4 Å². The zero-order valence-electron chi connectivity index (χ0n) is 43.3. The van der Waals surface area contributed by atoms with E-state index in [1.165, 1.54) is 33.6 Å². The van der Waals surface area contributed by atoms with E-state index in [9.17, 15) is 9.59 Å². The van der Waals surface area contributed by atoms with Crippen molar-refractivity contribution in [2.75, 3.05) is 89.7 Å². The van der Waals surface area contributed by atoms with Crippen LogP contribution in [0.15, 0.2) is 109 Å². The van der Waals surface area contributed by atoms with E-state index in [4.69, 9.17) is 18.9 Å². The number of amides is 2. The van der Waals surface area contributed by atoms with Gasteiger partial charge in [0, 0.05) is 86.3 Å². The summed E-state index contributed by atoms with van der Waals surface area (Å²) in [6.07, 6.45) is 18.9. The Hall–Kier alpha value is -7.16. The number of ether oxygens (including phenoxy) is 4. The fraction of sp³-hybridized carbons (Fsp3) is 0.400. The minimum Gasteiger partial charge on any atom is -0.495 e. The van der Waals surface area contributed by atoms with Gasteiger partial charge < -0.3 is 47.7 Å². The van der Waals surface area contributed by atoms with Crippen molar-refractivity contribution in [2.24, 2.45) is 0 Å². The molecule has 0 radical (unpaired) electrons. The molecule has 384 valence electrons. The van der Waals surface area contributed by atoms with E-state index in [1.807, 2.05) is 83.9 Å². The topological polar surface area (TPSA) is 120 Å². The van der Waals surface area contributed by atoms with Gasteiger partial charge in [-0.3, -0.25) is 9.59 Å². The van der Waals surface area contributed by atoms with Crippen LogP contribution in [-0.2, 0) is 44.7 Å². The van der Waals surface area contributed by atoms with Crippen LogP contribution >= 0.6 is 0 Å². The lowest BCUT2D eigenvalue weighted by atomic mass is 9.98. The highest BCUT2D eigenvalue weighted by atomic mass is 16.5. The van der Waals surface area contributed by atoms with E-state index >= 15 is 0 Å².